The van der Waals surface area contributed by atoms with Gasteiger partial charge in [-0.3, -0.25) is 9.10 Å². The number of nitrogens with one attached hydrogen (secondary N) is 1. The van der Waals surface area contributed by atoms with Crippen molar-refractivity contribution in [1.29, 1.82) is 0 Å². The highest BCUT2D eigenvalue weighted by Crippen LogP contribution is 2.25. The summed E-state index contributed by atoms with van der Waals surface area (Å²) in [6.45, 7) is 1.21. The van der Waals surface area contributed by atoms with Crippen molar-refractivity contribution in [1.82, 2.24) is 0 Å². The van der Waals surface area contributed by atoms with Crippen molar-refractivity contribution in [2.24, 2.45) is 0 Å². The Bertz CT molecular complexity index is 1170. The summed E-state index contributed by atoms with van der Waals surface area (Å²) in [5, 5.41) is 2.37. The second-order valence-corrected chi connectivity index (χ2v) is 8.43. The van der Waals surface area contributed by atoms with Gasteiger partial charge in [0.15, 0.2) is 11.6 Å². The highest BCUT2D eigenvalue weighted by atomic mass is 32.2. The van der Waals surface area contributed by atoms with Crippen LogP contribution >= 0.6 is 0 Å². The van der Waals surface area contributed by atoms with Gasteiger partial charge in [-0.15, -0.1) is 0 Å². The summed E-state index contributed by atoms with van der Waals surface area (Å²) in [7, 11) is -1.87. The molecule has 0 saturated carbocycles. The average molecular weight is 470 g/mol. The largest absolute Gasteiger partial charge is 0.465 e. The molecule has 12 heteroatoms. The minimum Gasteiger partial charge on any atom is -0.465 e. The molecule has 2 aromatic carbocycles. The Labute approximate surface area is 183 Å². The first-order valence-corrected chi connectivity index (χ1v) is 10.8. The Morgan fingerprint density at radius 2 is 1.59 bits per heavy atom. The molecule has 1 amide bonds. The van der Waals surface area contributed by atoms with Crippen LogP contribution in [0.25, 0.3) is 0 Å². The van der Waals surface area contributed by atoms with Crippen molar-refractivity contribution in [2.45, 2.75) is 13.0 Å². The maximum atomic E-state index is 13.7. The van der Waals surface area contributed by atoms with Crippen LogP contribution in [0.4, 0.5) is 20.2 Å². The number of carbonyl (C=O) groups is 3. The molecule has 0 aliphatic carbocycles. The van der Waals surface area contributed by atoms with Gasteiger partial charge in [-0.2, -0.15) is 0 Å². The average Bonchev–Trinajstić information content (AvgIpc) is 2.74. The van der Waals surface area contributed by atoms with Gasteiger partial charge in [0.2, 0.25) is 15.9 Å². The van der Waals surface area contributed by atoms with Gasteiger partial charge in [0.1, 0.15) is 6.04 Å². The quantitative estimate of drug-likeness (QED) is 0.617. The number of amides is 1. The molecule has 0 aliphatic heterocycles. The van der Waals surface area contributed by atoms with Crippen LogP contribution in [0.1, 0.15) is 27.6 Å². The minimum atomic E-state index is -4.12. The molecule has 0 unspecified atom stereocenters. The van der Waals surface area contributed by atoms with Crippen molar-refractivity contribution in [3.8, 4) is 0 Å². The lowest BCUT2D eigenvalue weighted by Crippen LogP contribution is -2.45. The zero-order chi connectivity index (χ0) is 24.2. The topological polar surface area (TPSA) is 119 Å². The fraction of sp³-hybridized carbons (Fsp3) is 0.250. The van der Waals surface area contributed by atoms with Gasteiger partial charge in [0.25, 0.3) is 0 Å². The lowest BCUT2D eigenvalue weighted by atomic mass is 10.1. The molecule has 0 saturated heterocycles. The highest BCUT2D eigenvalue weighted by Gasteiger charge is 2.31. The van der Waals surface area contributed by atoms with E-state index in [0.717, 1.165) is 38.7 Å². The standard InChI is InChI=1S/C20H20F2N2O7S/c1-11(24(32(4,28)29)13-6-8-15(21)16(22)10-13)18(25)23-17-9-12(19(26)30-2)5-7-14(17)20(27)31-3/h5-11H,1-4H3,(H,23,25)/t11-/m0/s1. The van der Waals surface area contributed by atoms with Crippen LogP contribution < -0.4 is 9.62 Å². The molecule has 0 aromatic heterocycles. The second kappa shape index (κ2) is 9.73. The predicted molar refractivity (Wildman–Crippen MR) is 111 cm³/mol. The molecule has 0 heterocycles. The van der Waals surface area contributed by atoms with E-state index in [9.17, 15) is 31.6 Å². The lowest BCUT2D eigenvalue weighted by Gasteiger charge is -2.28. The van der Waals surface area contributed by atoms with E-state index < -0.39 is 45.5 Å². The molecular formula is C20H20F2N2O7S. The van der Waals surface area contributed by atoms with Crippen molar-refractivity contribution >= 4 is 39.2 Å². The Kier molecular flexibility index (Phi) is 7.52. The van der Waals surface area contributed by atoms with Gasteiger partial charge in [-0.1, -0.05) is 0 Å². The molecule has 2 rings (SSSR count). The summed E-state index contributed by atoms with van der Waals surface area (Å²) < 4.78 is 61.5. The van der Waals surface area contributed by atoms with Gasteiger partial charge in [0.05, 0.1) is 43.0 Å². The van der Waals surface area contributed by atoms with Crippen LogP contribution in [-0.4, -0.2) is 52.8 Å². The number of carbonyl (C=O) groups excluding carboxylic acids is 3. The van der Waals surface area contributed by atoms with E-state index in [2.05, 4.69) is 14.8 Å². The fourth-order valence-corrected chi connectivity index (χ4v) is 4.02. The van der Waals surface area contributed by atoms with Crippen LogP contribution in [0.15, 0.2) is 36.4 Å². The minimum absolute atomic E-state index is 0.00341. The van der Waals surface area contributed by atoms with Crippen LogP contribution in [0, 0.1) is 11.6 Å². The highest BCUT2D eigenvalue weighted by molar-refractivity contribution is 7.92. The summed E-state index contributed by atoms with van der Waals surface area (Å²) in [6.07, 6.45) is 0.787. The lowest BCUT2D eigenvalue weighted by molar-refractivity contribution is -0.116. The number of methoxy groups -OCH3 is 2. The Hall–Kier alpha value is -3.54. The number of ether oxygens (including phenoxy) is 2. The summed E-state index contributed by atoms with van der Waals surface area (Å²) in [4.78, 5) is 36.7. The van der Waals surface area contributed by atoms with Crippen molar-refractivity contribution in [3.05, 3.63) is 59.2 Å². The number of benzene rings is 2. The monoisotopic (exact) mass is 470 g/mol. The molecule has 0 fully saturated rings. The Balaban J connectivity index is 2.47. The Morgan fingerprint density at radius 1 is 0.969 bits per heavy atom. The molecule has 1 N–H and O–H groups in total. The number of halogens is 2. The van der Waals surface area contributed by atoms with E-state index >= 15 is 0 Å². The SMILES string of the molecule is COC(=O)c1ccc(C(=O)OC)c(NC(=O)[C@H](C)N(c2ccc(F)c(F)c2)S(C)(=O)=O)c1. The predicted octanol–water partition coefficient (Wildman–Crippen LogP) is 2.33. The van der Waals surface area contributed by atoms with Gasteiger partial charge in [0, 0.05) is 6.07 Å². The van der Waals surface area contributed by atoms with E-state index in [0.29, 0.717) is 10.4 Å². The zero-order valence-electron chi connectivity index (χ0n) is 17.5. The number of hydrogen-bond acceptors (Lipinski definition) is 7. The van der Waals surface area contributed by atoms with E-state index in [-0.39, 0.29) is 22.5 Å². The third-order valence-electron chi connectivity index (χ3n) is 4.35. The number of sulfonamides is 1. The fourth-order valence-electron chi connectivity index (χ4n) is 2.85. The number of rotatable bonds is 7. The van der Waals surface area contributed by atoms with Gasteiger partial charge >= 0.3 is 11.9 Å². The van der Waals surface area contributed by atoms with Gasteiger partial charge in [-0.05, 0) is 37.3 Å². The second-order valence-electron chi connectivity index (χ2n) is 6.57. The summed E-state index contributed by atoms with van der Waals surface area (Å²) in [5.41, 5.74) is -0.538. The molecule has 2 aromatic rings. The van der Waals surface area contributed by atoms with Gasteiger partial charge in [-0.25, -0.2) is 26.8 Å². The molecule has 1 atom stereocenters. The molecular weight excluding hydrogens is 450 g/mol. The van der Waals surface area contributed by atoms with Gasteiger partial charge < -0.3 is 14.8 Å². The normalized spacial score (nSPS) is 11.9. The first-order valence-electron chi connectivity index (χ1n) is 8.96. The zero-order valence-corrected chi connectivity index (χ0v) is 18.3. The molecule has 9 nitrogen and oxygen atoms in total. The van der Waals surface area contributed by atoms with Crippen molar-refractivity contribution in [2.75, 3.05) is 30.1 Å². The molecule has 172 valence electrons. The van der Waals surface area contributed by atoms with Crippen LogP contribution in [0.3, 0.4) is 0 Å². The maximum Gasteiger partial charge on any atom is 0.339 e. The van der Waals surface area contributed by atoms with Crippen molar-refractivity contribution in [3.63, 3.8) is 0 Å². The first kappa shape index (κ1) is 24.7. The summed E-state index contributed by atoms with van der Waals surface area (Å²) in [6, 6.07) is 4.57. The van der Waals surface area contributed by atoms with Crippen LogP contribution in [0.2, 0.25) is 0 Å². The summed E-state index contributed by atoms with van der Waals surface area (Å²) >= 11 is 0. The number of hydrogen-bond donors (Lipinski definition) is 1. The number of anilines is 2. The maximum absolute atomic E-state index is 13.7. The van der Waals surface area contributed by atoms with Crippen LogP contribution in [-0.2, 0) is 24.3 Å². The third-order valence-corrected chi connectivity index (χ3v) is 5.59. The smallest absolute Gasteiger partial charge is 0.339 e. The van der Waals surface area contributed by atoms with E-state index in [1.807, 2.05) is 0 Å². The number of esters is 2. The van der Waals surface area contributed by atoms with Crippen LogP contribution in [0.5, 0.6) is 0 Å². The Morgan fingerprint density at radius 3 is 2.12 bits per heavy atom. The van der Waals surface area contributed by atoms with E-state index in [4.69, 9.17) is 0 Å². The van der Waals surface area contributed by atoms with E-state index in [1.54, 1.807) is 0 Å². The molecule has 32 heavy (non-hydrogen) atoms. The molecule has 0 spiro atoms. The van der Waals surface area contributed by atoms with E-state index in [1.165, 1.54) is 19.1 Å². The van der Waals surface area contributed by atoms with Crippen molar-refractivity contribution < 1.29 is 41.1 Å². The number of nitrogens with zero attached hydrogens (tertiary/aromatic N) is 1. The summed E-state index contributed by atoms with van der Waals surface area (Å²) in [5.74, 6) is -4.99. The molecule has 0 aliphatic rings. The first-order chi connectivity index (χ1) is 14.9. The third kappa shape index (κ3) is 5.38. The molecule has 0 radical (unpaired) electrons. The molecule has 0 bridgehead atoms.